The van der Waals surface area contributed by atoms with E-state index >= 15 is 0 Å². The minimum Gasteiger partial charge on any atom is -0.481 e. The maximum Gasteiger partial charge on any atom is 0.326 e. The minimum absolute atomic E-state index is 0.0354. The Labute approximate surface area is 481 Å². The average molecular weight is 1180 g/mol. The predicted octanol–water partition coefficient (Wildman–Crippen LogP) is 1.88. The number of nitrogens with one attached hydrogen (secondary N) is 7. The summed E-state index contributed by atoms with van der Waals surface area (Å²) in [4.78, 5) is 131. The fourth-order valence-corrected chi connectivity index (χ4v) is 8.20. The summed E-state index contributed by atoms with van der Waals surface area (Å²) in [5.41, 5.74) is 0. The van der Waals surface area contributed by atoms with Crippen LogP contribution in [-0.4, -0.2) is 201 Å². The van der Waals surface area contributed by atoms with E-state index in [0.29, 0.717) is 25.7 Å². The zero-order valence-corrected chi connectivity index (χ0v) is 48.2. The number of carboxylic acids is 4. The summed E-state index contributed by atoms with van der Waals surface area (Å²) in [5, 5.41) is 64.0. The third-order valence-corrected chi connectivity index (χ3v) is 12.9. The van der Waals surface area contributed by atoms with Crippen LogP contribution in [0.1, 0.15) is 173 Å². The second-order valence-corrected chi connectivity index (χ2v) is 19.9. The lowest BCUT2D eigenvalue weighted by Crippen LogP contribution is -2.45. The van der Waals surface area contributed by atoms with Crippen molar-refractivity contribution in [2.75, 3.05) is 86.1 Å². The largest absolute Gasteiger partial charge is 0.481 e. The standard InChI is InChI=1S/C55H97N7O20/c1-56-41(45(64)38-63)20-18-19-29-57-46(65)26-23-43(54(75)76)61-49(68)28-25-44(55(77)78)62-51(70)40-82-37-35-80-33-31-59-50(69)39-81-36-34-79-32-30-58-47(66)27-24-42(53(73)74)60-48(67)21-16-14-12-10-8-6-4-2-3-5-7-9-11-13-15-17-22-52(71)72/h41-44,56,63H,2-40H2,1H3,(H,57,65)(H,58,66)(H,59,69)(H,60,67)(H,61,68)(H,62,70)(H,71,72)(H,73,74)(H,75,76)(H,77,78)/t41-,42-,43-,44-/m0/s1. The monoisotopic (exact) mass is 1180 g/mol. The molecule has 0 radical (unpaired) electrons. The number of carboxylic acid groups (broad SMARTS) is 4. The van der Waals surface area contributed by atoms with Crippen LogP contribution in [-0.2, 0) is 71.7 Å². The number of aliphatic hydroxyl groups excluding tert-OH is 1. The van der Waals surface area contributed by atoms with Gasteiger partial charge < -0.3 is 81.7 Å². The number of aliphatic hydroxyl groups is 1. The van der Waals surface area contributed by atoms with Crippen LogP contribution in [0.4, 0.5) is 0 Å². The first-order valence-electron chi connectivity index (χ1n) is 29.1. The van der Waals surface area contributed by atoms with E-state index in [1.54, 1.807) is 7.05 Å². The highest BCUT2D eigenvalue weighted by Crippen LogP contribution is 2.15. The molecule has 0 fully saturated rings. The van der Waals surface area contributed by atoms with Gasteiger partial charge in [0.05, 0.1) is 45.7 Å². The van der Waals surface area contributed by atoms with Gasteiger partial charge >= 0.3 is 23.9 Å². The molecule has 0 aliphatic rings. The zero-order chi connectivity index (χ0) is 61.0. The van der Waals surface area contributed by atoms with Crippen molar-refractivity contribution < 1.29 is 97.2 Å². The van der Waals surface area contributed by atoms with Gasteiger partial charge in [-0.05, 0) is 58.4 Å². The molecule has 6 amide bonds. The summed E-state index contributed by atoms with van der Waals surface area (Å²) in [6.45, 7) is -0.339. The van der Waals surface area contributed by atoms with E-state index in [9.17, 15) is 68.1 Å². The van der Waals surface area contributed by atoms with E-state index in [1.165, 1.54) is 51.4 Å². The minimum atomic E-state index is -1.49. The molecule has 0 saturated carbocycles. The molecular weight excluding hydrogens is 1080 g/mol. The fraction of sp³-hybridized carbons (Fsp3) is 0.800. The third-order valence-electron chi connectivity index (χ3n) is 12.9. The highest BCUT2D eigenvalue weighted by Gasteiger charge is 2.25. The summed E-state index contributed by atoms with van der Waals surface area (Å²) in [6.07, 6.45) is 18.1. The number of Topliss-reactive ketones (excluding diaryl/α,β-unsaturated/α-hetero) is 1. The van der Waals surface area contributed by atoms with Gasteiger partial charge in [-0.25, -0.2) is 14.4 Å². The maximum absolute atomic E-state index is 12.5. The maximum atomic E-state index is 12.5. The molecule has 0 aliphatic carbocycles. The number of ether oxygens (including phenoxy) is 4. The van der Waals surface area contributed by atoms with Crippen molar-refractivity contribution in [1.29, 1.82) is 0 Å². The highest BCUT2D eigenvalue weighted by molar-refractivity contribution is 5.87. The number of hydrogen-bond acceptors (Lipinski definition) is 17. The molecule has 4 atom stereocenters. The average Bonchev–Trinajstić information content (AvgIpc) is 3.44. The van der Waals surface area contributed by atoms with Crippen molar-refractivity contribution >= 4 is 65.1 Å². The number of rotatable bonds is 58. The van der Waals surface area contributed by atoms with Crippen molar-refractivity contribution in [3.63, 3.8) is 0 Å². The molecule has 0 aromatic heterocycles. The van der Waals surface area contributed by atoms with E-state index in [1.807, 2.05) is 0 Å². The summed E-state index contributed by atoms with van der Waals surface area (Å²) in [7, 11) is 1.60. The fourth-order valence-electron chi connectivity index (χ4n) is 8.20. The van der Waals surface area contributed by atoms with Crippen molar-refractivity contribution in [2.45, 2.75) is 198 Å². The molecule has 472 valence electrons. The highest BCUT2D eigenvalue weighted by atomic mass is 16.5. The predicted molar refractivity (Wildman–Crippen MR) is 298 cm³/mol. The van der Waals surface area contributed by atoms with Gasteiger partial charge in [0.15, 0.2) is 5.78 Å². The second kappa shape index (κ2) is 52.0. The first kappa shape index (κ1) is 76.1. The van der Waals surface area contributed by atoms with Crippen LogP contribution in [0.15, 0.2) is 0 Å². The van der Waals surface area contributed by atoms with E-state index in [4.69, 9.17) is 29.2 Å². The summed E-state index contributed by atoms with van der Waals surface area (Å²) in [6, 6.07) is -4.59. The van der Waals surface area contributed by atoms with E-state index < -0.39 is 97.2 Å². The van der Waals surface area contributed by atoms with E-state index in [0.717, 1.165) is 44.9 Å². The lowest BCUT2D eigenvalue weighted by atomic mass is 10.0. The Morgan fingerprint density at radius 2 is 0.695 bits per heavy atom. The van der Waals surface area contributed by atoms with Crippen LogP contribution in [0, 0.1) is 0 Å². The molecule has 0 bridgehead atoms. The molecule has 12 N–H and O–H groups in total. The topological polar surface area (TPSA) is 410 Å². The number of amides is 6. The van der Waals surface area contributed by atoms with Crippen molar-refractivity contribution in [1.82, 2.24) is 37.2 Å². The molecule has 27 heteroatoms. The van der Waals surface area contributed by atoms with Crippen LogP contribution in [0.3, 0.4) is 0 Å². The van der Waals surface area contributed by atoms with Crippen LogP contribution < -0.4 is 37.2 Å². The number of ketones is 1. The summed E-state index contributed by atoms with van der Waals surface area (Å²) in [5.74, 6) is -8.32. The van der Waals surface area contributed by atoms with Gasteiger partial charge in [-0.2, -0.15) is 0 Å². The number of aliphatic carboxylic acids is 4. The lowest BCUT2D eigenvalue weighted by molar-refractivity contribution is -0.144. The molecule has 0 spiro atoms. The first-order chi connectivity index (χ1) is 39.4. The first-order valence-corrected chi connectivity index (χ1v) is 29.1. The molecule has 0 saturated heterocycles. The van der Waals surface area contributed by atoms with Crippen LogP contribution >= 0.6 is 0 Å². The molecule has 0 aliphatic heterocycles. The molecule has 27 nitrogen and oxygen atoms in total. The third kappa shape index (κ3) is 46.7. The van der Waals surface area contributed by atoms with Gasteiger partial charge in [-0.15, -0.1) is 0 Å². The Hall–Kier alpha value is -5.87. The van der Waals surface area contributed by atoms with Gasteiger partial charge in [0.25, 0.3) is 0 Å². The normalized spacial score (nSPS) is 12.5. The van der Waals surface area contributed by atoms with E-state index in [-0.39, 0.29) is 123 Å². The Morgan fingerprint density at radius 1 is 0.341 bits per heavy atom. The number of unbranched alkanes of at least 4 members (excludes halogenated alkanes) is 16. The number of carbonyl (C=O) groups excluding carboxylic acids is 7. The van der Waals surface area contributed by atoms with Crippen molar-refractivity contribution in [2.24, 2.45) is 0 Å². The van der Waals surface area contributed by atoms with Gasteiger partial charge in [0.2, 0.25) is 35.4 Å². The molecule has 82 heavy (non-hydrogen) atoms. The van der Waals surface area contributed by atoms with E-state index in [2.05, 4.69) is 37.2 Å². The zero-order valence-electron chi connectivity index (χ0n) is 48.2. The second-order valence-electron chi connectivity index (χ2n) is 19.9. The quantitative estimate of drug-likeness (QED) is 0.0387. The Morgan fingerprint density at radius 3 is 1.11 bits per heavy atom. The number of carbonyl (C=O) groups is 11. The Kier molecular flexibility index (Phi) is 48.2. The van der Waals surface area contributed by atoms with Gasteiger partial charge in [-0.1, -0.05) is 89.9 Å². The number of likely N-dealkylation sites (N-methyl/N-ethyl adjacent to an activating group) is 1. The lowest BCUT2D eigenvalue weighted by Gasteiger charge is -2.17. The Balaban J connectivity index is 3.96. The summed E-state index contributed by atoms with van der Waals surface area (Å²) >= 11 is 0. The number of hydrogen-bond donors (Lipinski definition) is 12. The van der Waals surface area contributed by atoms with Crippen molar-refractivity contribution in [3.8, 4) is 0 Å². The SMILES string of the molecule is CN[C@@H](CCCCNC(=O)CC[C@H](NC(=O)CC[C@H](NC(=O)COCCOCCNC(=O)COCCOCCNC(=O)CC[C@H](NC(=O)CCCCCCCCCCCCCCCCCCC(=O)O)C(=O)O)C(=O)O)C(=O)O)C(=O)CO. The Bertz CT molecular complexity index is 1850. The van der Waals surface area contributed by atoms with Crippen LogP contribution in [0.25, 0.3) is 0 Å². The van der Waals surface area contributed by atoms with Gasteiger partial charge in [0.1, 0.15) is 37.9 Å². The molecule has 0 unspecified atom stereocenters. The molecule has 0 aromatic rings. The molecular formula is C55H97N7O20. The van der Waals surface area contributed by atoms with Crippen LogP contribution in [0.5, 0.6) is 0 Å². The molecule has 0 rings (SSSR count). The van der Waals surface area contributed by atoms with Gasteiger partial charge in [0, 0.05) is 51.7 Å². The molecule has 0 aromatic carbocycles. The van der Waals surface area contributed by atoms with Gasteiger partial charge in [-0.3, -0.25) is 38.4 Å². The smallest absolute Gasteiger partial charge is 0.326 e. The van der Waals surface area contributed by atoms with Crippen molar-refractivity contribution in [3.05, 3.63) is 0 Å². The summed E-state index contributed by atoms with van der Waals surface area (Å²) < 4.78 is 21.2. The van der Waals surface area contributed by atoms with Crippen LogP contribution in [0.2, 0.25) is 0 Å². The molecule has 0 heterocycles.